The normalized spacial score (nSPS) is 15.1. The third-order valence-corrected chi connectivity index (χ3v) is 10.1. The van der Waals surface area contributed by atoms with E-state index in [0.29, 0.717) is 22.3 Å². The number of carboxylic acids is 2. The van der Waals surface area contributed by atoms with Gasteiger partial charge in [-0.25, -0.2) is 9.59 Å². The lowest BCUT2D eigenvalue weighted by molar-refractivity contribution is 0.0681. The van der Waals surface area contributed by atoms with Crippen LogP contribution in [0.25, 0.3) is 33.2 Å². The summed E-state index contributed by atoms with van der Waals surface area (Å²) in [5.74, 6) is -1.19. The fourth-order valence-corrected chi connectivity index (χ4v) is 8.22. The van der Waals surface area contributed by atoms with E-state index in [4.69, 9.17) is 27.9 Å². The molecule has 0 fully saturated rings. The number of hydrogen-bond acceptors (Lipinski definition) is 3. The Labute approximate surface area is 262 Å². The molecule has 0 radical (unpaired) electrons. The van der Waals surface area contributed by atoms with Crippen molar-refractivity contribution in [2.45, 2.75) is 44.9 Å². The smallest absolute Gasteiger partial charge is 0.337 e. The van der Waals surface area contributed by atoms with Gasteiger partial charge < -0.3 is 14.9 Å². The Balaban J connectivity index is 1.72. The SMILES string of the molecule is O=C(O)c1cc(Cl)c(C(=O)O)c(C2=c3c(c4c(c5ccccc35)=CCCC4)Oc3c4c(c5ccccc5c32)CCCC4)c1Cl. The molecule has 1 heterocycles. The van der Waals surface area contributed by atoms with Gasteiger partial charge >= 0.3 is 11.9 Å². The molecule has 0 unspecified atom stereocenters. The van der Waals surface area contributed by atoms with Gasteiger partial charge in [0.2, 0.25) is 0 Å². The van der Waals surface area contributed by atoms with Crippen molar-refractivity contribution in [2.24, 2.45) is 0 Å². The average molecular weight is 622 g/mol. The van der Waals surface area contributed by atoms with E-state index in [2.05, 4.69) is 18.2 Å². The molecule has 5 aromatic rings. The van der Waals surface area contributed by atoms with Gasteiger partial charge in [-0.2, -0.15) is 0 Å². The summed E-state index contributed by atoms with van der Waals surface area (Å²) in [7, 11) is 0. The molecular weight excluding hydrogens is 595 g/mol. The van der Waals surface area contributed by atoms with Crippen molar-refractivity contribution in [2.75, 3.05) is 0 Å². The molecule has 0 spiro atoms. The molecule has 5 aromatic carbocycles. The van der Waals surface area contributed by atoms with Crippen LogP contribution in [-0.2, 0) is 19.3 Å². The summed E-state index contributed by atoms with van der Waals surface area (Å²) >= 11 is 13.6. The van der Waals surface area contributed by atoms with Gasteiger partial charge in [-0.05, 0) is 88.9 Å². The molecule has 0 saturated carbocycles. The lowest BCUT2D eigenvalue weighted by Crippen LogP contribution is -2.29. The maximum atomic E-state index is 13.0. The predicted octanol–water partition coefficient (Wildman–Crippen LogP) is 8.04. The fourth-order valence-electron chi connectivity index (χ4n) is 7.62. The Morgan fingerprint density at radius 1 is 0.705 bits per heavy atom. The maximum absolute atomic E-state index is 13.0. The molecule has 2 aliphatic carbocycles. The van der Waals surface area contributed by atoms with Gasteiger partial charge in [-0.3, -0.25) is 0 Å². The fraction of sp³-hybridized carbons (Fsp3) is 0.189. The molecule has 218 valence electrons. The van der Waals surface area contributed by atoms with Gasteiger partial charge in [0, 0.05) is 27.5 Å². The van der Waals surface area contributed by atoms with E-state index in [-0.39, 0.29) is 26.7 Å². The van der Waals surface area contributed by atoms with Crippen molar-refractivity contribution in [3.05, 3.63) is 114 Å². The van der Waals surface area contributed by atoms with Gasteiger partial charge in [0.1, 0.15) is 11.5 Å². The van der Waals surface area contributed by atoms with Crippen LogP contribution in [-0.4, -0.2) is 22.2 Å². The van der Waals surface area contributed by atoms with Crippen LogP contribution in [0.1, 0.15) is 74.2 Å². The first-order valence-electron chi connectivity index (χ1n) is 14.9. The molecule has 8 rings (SSSR count). The first kappa shape index (κ1) is 27.2. The third-order valence-electron chi connectivity index (χ3n) is 9.40. The van der Waals surface area contributed by atoms with Crippen molar-refractivity contribution in [1.82, 2.24) is 0 Å². The predicted molar refractivity (Wildman–Crippen MR) is 173 cm³/mol. The second-order valence-electron chi connectivity index (χ2n) is 11.7. The lowest BCUT2D eigenvalue weighted by Gasteiger charge is -2.32. The van der Waals surface area contributed by atoms with E-state index in [1.165, 1.54) is 5.56 Å². The number of aromatic carboxylic acids is 2. The Bertz CT molecular complexity index is 2270. The van der Waals surface area contributed by atoms with Crippen LogP contribution in [0.4, 0.5) is 0 Å². The summed E-state index contributed by atoms with van der Waals surface area (Å²) in [4.78, 5) is 25.5. The van der Waals surface area contributed by atoms with Crippen molar-refractivity contribution in [3.63, 3.8) is 0 Å². The standard InChI is InChI=1S/C37H26Cl2O5/c38-27-17-26(36(40)41)33(39)32(30(27)37(42)43)31-28-22-13-5-1-9-18(22)20-11-3-7-15-24(20)34(28)44-35-25-16-8-4-12-21(25)19-10-2-6-14-23(19)29(31)35/h1-2,5-6,9-11,13-14,17H,3-4,7-8,12,15-16H2,(H,40,41)(H,42,43). The topological polar surface area (TPSA) is 83.8 Å². The molecular formula is C37H26Cl2O5. The molecule has 5 nitrogen and oxygen atoms in total. The number of aryl methyl sites for hydroxylation is 1. The molecule has 7 heteroatoms. The number of benzene rings is 5. The van der Waals surface area contributed by atoms with Gasteiger partial charge in [0.05, 0.1) is 21.2 Å². The van der Waals surface area contributed by atoms with Crippen LogP contribution in [0.2, 0.25) is 10.0 Å². The minimum absolute atomic E-state index is 0.0978. The van der Waals surface area contributed by atoms with Crippen LogP contribution in [0.3, 0.4) is 0 Å². The van der Waals surface area contributed by atoms with E-state index >= 15 is 0 Å². The zero-order chi connectivity index (χ0) is 30.3. The summed E-state index contributed by atoms with van der Waals surface area (Å²) in [6.07, 6.45) is 8.79. The first-order chi connectivity index (χ1) is 21.4. The van der Waals surface area contributed by atoms with Crippen LogP contribution < -0.4 is 15.2 Å². The summed E-state index contributed by atoms with van der Waals surface area (Å²) in [5.41, 5.74) is 4.31. The van der Waals surface area contributed by atoms with Crippen molar-refractivity contribution < 1.29 is 24.5 Å². The van der Waals surface area contributed by atoms with E-state index in [0.717, 1.165) is 94.5 Å². The average Bonchev–Trinajstić information content (AvgIpc) is 3.04. The summed E-state index contributed by atoms with van der Waals surface area (Å²) in [5, 5.41) is 26.1. The van der Waals surface area contributed by atoms with Crippen molar-refractivity contribution in [1.29, 1.82) is 0 Å². The van der Waals surface area contributed by atoms with E-state index in [9.17, 15) is 19.8 Å². The van der Waals surface area contributed by atoms with Gasteiger partial charge in [0.25, 0.3) is 0 Å². The van der Waals surface area contributed by atoms with Crippen LogP contribution in [0.15, 0.2) is 54.6 Å². The van der Waals surface area contributed by atoms with Crippen molar-refractivity contribution >= 4 is 68.3 Å². The minimum atomic E-state index is -1.29. The molecule has 0 aromatic heterocycles. The number of halogens is 2. The zero-order valence-corrected chi connectivity index (χ0v) is 25.1. The maximum Gasteiger partial charge on any atom is 0.337 e. The number of rotatable bonds is 3. The van der Waals surface area contributed by atoms with Crippen LogP contribution >= 0.6 is 23.2 Å². The van der Waals surface area contributed by atoms with E-state index in [1.807, 2.05) is 36.4 Å². The molecule has 0 bridgehead atoms. The third kappa shape index (κ3) is 3.79. The number of carbonyl (C=O) groups is 2. The summed E-state index contributed by atoms with van der Waals surface area (Å²) in [6.45, 7) is 0. The number of ether oxygens (including phenoxy) is 1. The first-order valence-corrected chi connectivity index (χ1v) is 15.6. The highest BCUT2D eigenvalue weighted by molar-refractivity contribution is 6.40. The largest absolute Gasteiger partial charge is 0.478 e. The lowest BCUT2D eigenvalue weighted by atomic mass is 9.78. The molecule has 2 N–H and O–H groups in total. The quantitative estimate of drug-likeness (QED) is 0.209. The van der Waals surface area contributed by atoms with Gasteiger partial charge in [0.15, 0.2) is 0 Å². The Morgan fingerprint density at radius 2 is 1.36 bits per heavy atom. The highest BCUT2D eigenvalue weighted by Gasteiger charge is 2.36. The van der Waals surface area contributed by atoms with E-state index in [1.54, 1.807) is 0 Å². The minimum Gasteiger partial charge on any atom is -0.478 e. The van der Waals surface area contributed by atoms with E-state index < -0.39 is 11.9 Å². The summed E-state index contributed by atoms with van der Waals surface area (Å²) < 4.78 is 7.11. The molecule has 0 saturated heterocycles. The number of fused-ring (bicyclic) bond motifs is 12. The van der Waals surface area contributed by atoms with Crippen LogP contribution in [0.5, 0.6) is 11.5 Å². The number of carboxylic acid groups (broad SMARTS) is 2. The molecule has 1 aliphatic heterocycles. The molecule has 3 aliphatic rings. The van der Waals surface area contributed by atoms with Gasteiger partial charge in [-0.15, -0.1) is 0 Å². The highest BCUT2D eigenvalue weighted by atomic mass is 35.5. The van der Waals surface area contributed by atoms with Crippen LogP contribution in [0, 0.1) is 0 Å². The molecule has 0 atom stereocenters. The van der Waals surface area contributed by atoms with Gasteiger partial charge in [-0.1, -0.05) is 77.8 Å². The highest BCUT2D eigenvalue weighted by Crippen LogP contribution is 2.50. The second kappa shape index (κ2) is 10.1. The zero-order valence-electron chi connectivity index (χ0n) is 23.6. The molecule has 44 heavy (non-hydrogen) atoms. The Morgan fingerprint density at radius 3 is 2.09 bits per heavy atom. The Kier molecular flexibility index (Phi) is 6.26. The van der Waals surface area contributed by atoms with Crippen molar-refractivity contribution in [3.8, 4) is 11.5 Å². The monoisotopic (exact) mass is 620 g/mol. The summed E-state index contributed by atoms with van der Waals surface area (Å²) in [6, 6.07) is 17.3. The Hall–Kier alpha value is -4.32. The molecule has 0 amide bonds. The number of hydrogen-bond donors (Lipinski definition) is 2. The second-order valence-corrected chi connectivity index (χ2v) is 12.5.